The fraction of sp³-hybridized carbons (Fsp3) is 0.375. The number of benzene rings is 1. The van der Waals surface area contributed by atoms with Crippen molar-refractivity contribution in [3.8, 4) is 0 Å². The molecule has 2 atom stereocenters. The molecule has 1 saturated carbocycles. The lowest BCUT2D eigenvalue weighted by atomic mass is 10.1. The summed E-state index contributed by atoms with van der Waals surface area (Å²) in [6.07, 6.45) is 5.97. The Hall–Kier alpha value is -2.10. The highest BCUT2D eigenvalue weighted by Gasteiger charge is 2.24. The molecule has 1 fully saturated rings. The number of hydrogen-bond donors (Lipinski definition) is 2. The van der Waals surface area contributed by atoms with Crippen molar-refractivity contribution < 1.29 is 14.7 Å². The maximum absolute atomic E-state index is 12.1. The topological polar surface area (TPSA) is 66.4 Å². The van der Waals surface area contributed by atoms with Crippen molar-refractivity contribution >= 4 is 18.0 Å². The molecule has 1 aliphatic carbocycles. The maximum atomic E-state index is 12.1. The van der Waals surface area contributed by atoms with Gasteiger partial charge >= 0.3 is 5.97 Å². The summed E-state index contributed by atoms with van der Waals surface area (Å²) >= 11 is 0. The molecule has 0 aromatic heterocycles. The molecule has 2 rings (SSSR count). The van der Waals surface area contributed by atoms with E-state index in [0.29, 0.717) is 11.5 Å². The van der Waals surface area contributed by atoms with Crippen molar-refractivity contribution in [2.75, 3.05) is 0 Å². The van der Waals surface area contributed by atoms with E-state index in [1.807, 2.05) is 0 Å². The molecule has 0 spiro atoms. The third-order valence-electron chi connectivity index (χ3n) is 3.77. The molecule has 0 radical (unpaired) electrons. The molecule has 1 aromatic rings. The van der Waals surface area contributed by atoms with Crippen LogP contribution in [-0.2, 0) is 4.79 Å². The van der Waals surface area contributed by atoms with E-state index in [-0.39, 0.29) is 11.9 Å². The highest BCUT2D eigenvalue weighted by Crippen LogP contribution is 2.25. The van der Waals surface area contributed by atoms with Gasteiger partial charge in [-0.2, -0.15) is 0 Å². The summed E-state index contributed by atoms with van der Waals surface area (Å²) in [6.45, 7) is 2.16. The lowest BCUT2D eigenvalue weighted by Gasteiger charge is -2.17. The van der Waals surface area contributed by atoms with Crippen molar-refractivity contribution in [2.24, 2.45) is 5.92 Å². The second-order valence-corrected chi connectivity index (χ2v) is 5.28. The van der Waals surface area contributed by atoms with E-state index in [9.17, 15) is 9.59 Å². The average Bonchev–Trinajstić information content (AvgIpc) is 2.82. The minimum absolute atomic E-state index is 0.0579. The number of carboxylic acid groups (broad SMARTS) is 1. The molecule has 0 heterocycles. The van der Waals surface area contributed by atoms with Gasteiger partial charge in [-0.05, 0) is 42.5 Å². The molecule has 1 amide bonds. The van der Waals surface area contributed by atoms with Gasteiger partial charge in [0.2, 0.25) is 0 Å². The molecular weight excluding hydrogens is 254 g/mol. The summed E-state index contributed by atoms with van der Waals surface area (Å²) in [4.78, 5) is 22.5. The summed E-state index contributed by atoms with van der Waals surface area (Å²) in [5.74, 6) is -0.503. The predicted molar refractivity (Wildman–Crippen MR) is 77.4 cm³/mol. The second-order valence-electron chi connectivity index (χ2n) is 5.28. The molecule has 0 bridgehead atoms. The van der Waals surface area contributed by atoms with Crippen LogP contribution >= 0.6 is 0 Å². The van der Waals surface area contributed by atoms with Gasteiger partial charge in [0.05, 0.1) is 0 Å². The second kappa shape index (κ2) is 6.37. The van der Waals surface area contributed by atoms with Gasteiger partial charge < -0.3 is 10.4 Å². The van der Waals surface area contributed by atoms with Crippen LogP contribution in [0.3, 0.4) is 0 Å². The Morgan fingerprint density at radius 1 is 1.25 bits per heavy atom. The minimum Gasteiger partial charge on any atom is -0.478 e. The molecule has 4 heteroatoms. The van der Waals surface area contributed by atoms with Crippen LogP contribution in [0.4, 0.5) is 0 Å². The number of hydrogen-bond acceptors (Lipinski definition) is 2. The van der Waals surface area contributed by atoms with Crippen LogP contribution in [0.15, 0.2) is 30.3 Å². The molecule has 4 nitrogen and oxygen atoms in total. The van der Waals surface area contributed by atoms with Crippen molar-refractivity contribution in [3.05, 3.63) is 41.5 Å². The zero-order valence-corrected chi connectivity index (χ0v) is 11.5. The lowest BCUT2D eigenvalue weighted by Crippen LogP contribution is -2.36. The van der Waals surface area contributed by atoms with E-state index in [1.165, 1.54) is 18.9 Å². The SMILES string of the molecule is CC1CCCC1NC(=O)c1ccc(C=CC(=O)O)cc1. The van der Waals surface area contributed by atoms with Crippen LogP contribution in [-0.4, -0.2) is 23.0 Å². The molecule has 20 heavy (non-hydrogen) atoms. The van der Waals surface area contributed by atoms with E-state index in [2.05, 4.69) is 12.2 Å². The van der Waals surface area contributed by atoms with Crippen molar-refractivity contribution in [1.82, 2.24) is 5.32 Å². The average molecular weight is 273 g/mol. The van der Waals surface area contributed by atoms with Gasteiger partial charge in [0.1, 0.15) is 0 Å². The Morgan fingerprint density at radius 2 is 1.95 bits per heavy atom. The smallest absolute Gasteiger partial charge is 0.328 e. The van der Waals surface area contributed by atoms with Crippen molar-refractivity contribution in [2.45, 2.75) is 32.2 Å². The van der Waals surface area contributed by atoms with E-state index < -0.39 is 5.97 Å². The van der Waals surface area contributed by atoms with Crippen molar-refractivity contribution in [3.63, 3.8) is 0 Å². The van der Waals surface area contributed by atoms with Crippen LogP contribution in [0.25, 0.3) is 6.08 Å². The fourth-order valence-electron chi connectivity index (χ4n) is 2.52. The fourth-order valence-corrected chi connectivity index (χ4v) is 2.52. The highest BCUT2D eigenvalue weighted by atomic mass is 16.4. The van der Waals surface area contributed by atoms with E-state index in [0.717, 1.165) is 18.1 Å². The van der Waals surface area contributed by atoms with Crippen molar-refractivity contribution in [1.29, 1.82) is 0 Å². The molecule has 106 valence electrons. The first kappa shape index (κ1) is 14.3. The number of amides is 1. The molecule has 0 aliphatic heterocycles. The van der Waals surface area contributed by atoms with E-state index in [4.69, 9.17) is 5.11 Å². The maximum Gasteiger partial charge on any atom is 0.328 e. The largest absolute Gasteiger partial charge is 0.478 e. The third kappa shape index (κ3) is 3.70. The molecule has 2 N–H and O–H groups in total. The molecule has 1 aliphatic rings. The number of aliphatic carboxylic acids is 1. The first-order chi connectivity index (χ1) is 9.56. The van der Waals surface area contributed by atoms with E-state index in [1.54, 1.807) is 24.3 Å². The number of rotatable bonds is 4. The Labute approximate surface area is 118 Å². The number of carbonyl (C=O) groups excluding carboxylic acids is 1. The Bertz CT molecular complexity index is 519. The van der Waals surface area contributed by atoms with Gasteiger partial charge in [0.25, 0.3) is 5.91 Å². The Morgan fingerprint density at radius 3 is 2.50 bits per heavy atom. The summed E-state index contributed by atoms with van der Waals surface area (Å²) in [5, 5.41) is 11.6. The Kier molecular flexibility index (Phi) is 4.56. The standard InChI is InChI=1S/C16H19NO3/c1-11-3-2-4-14(11)17-16(20)13-8-5-12(6-9-13)7-10-15(18)19/h5-11,14H,2-4H2,1H3,(H,17,20)(H,18,19). The Balaban J connectivity index is 1.98. The lowest BCUT2D eigenvalue weighted by molar-refractivity contribution is -0.131. The summed E-state index contributed by atoms with van der Waals surface area (Å²) < 4.78 is 0. The zero-order valence-electron chi connectivity index (χ0n) is 11.5. The number of carbonyl (C=O) groups is 2. The number of nitrogens with one attached hydrogen (secondary N) is 1. The van der Waals surface area contributed by atoms with Gasteiger partial charge in [0, 0.05) is 17.7 Å². The van der Waals surface area contributed by atoms with Gasteiger partial charge in [-0.1, -0.05) is 25.5 Å². The van der Waals surface area contributed by atoms with Gasteiger partial charge in [-0.25, -0.2) is 4.79 Å². The predicted octanol–water partition coefficient (Wildman–Crippen LogP) is 2.70. The number of carboxylic acids is 1. The molecule has 2 unspecified atom stereocenters. The monoisotopic (exact) mass is 273 g/mol. The summed E-state index contributed by atoms with van der Waals surface area (Å²) in [6, 6.07) is 7.19. The highest BCUT2D eigenvalue weighted by molar-refractivity contribution is 5.94. The third-order valence-corrected chi connectivity index (χ3v) is 3.77. The van der Waals surface area contributed by atoms with Crippen LogP contribution in [0.2, 0.25) is 0 Å². The minimum atomic E-state index is -0.984. The van der Waals surface area contributed by atoms with Crippen LogP contribution < -0.4 is 5.32 Å². The summed E-state index contributed by atoms with van der Waals surface area (Å²) in [5.41, 5.74) is 1.37. The zero-order chi connectivity index (χ0) is 14.5. The van der Waals surface area contributed by atoms with E-state index >= 15 is 0 Å². The summed E-state index contributed by atoms with van der Waals surface area (Å²) in [7, 11) is 0. The van der Waals surface area contributed by atoms with Crippen LogP contribution in [0.1, 0.15) is 42.1 Å². The first-order valence-electron chi connectivity index (χ1n) is 6.88. The van der Waals surface area contributed by atoms with Crippen LogP contribution in [0, 0.1) is 5.92 Å². The molecular formula is C16H19NO3. The first-order valence-corrected chi connectivity index (χ1v) is 6.88. The van der Waals surface area contributed by atoms with Gasteiger partial charge in [-0.15, -0.1) is 0 Å². The van der Waals surface area contributed by atoms with Gasteiger partial charge in [-0.3, -0.25) is 4.79 Å². The molecule has 0 saturated heterocycles. The quantitative estimate of drug-likeness (QED) is 0.829. The molecule has 1 aromatic carbocycles. The van der Waals surface area contributed by atoms with Crippen LogP contribution in [0.5, 0.6) is 0 Å². The normalized spacial score (nSPS) is 22.1. The van der Waals surface area contributed by atoms with Gasteiger partial charge in [0.15, 0.2) is 0 Å².